The maximum Gasteiger partial charge on any atom is 0.258 e. The summed E-state index contributed by atoms with van der Waals surface area (Å²) in [6.45, 7) is 2.02. The van der Waals surface area contributed by atoms with Crippen molar-refractivity contribution in [3.05, 3.63) is 57.9 Å². The van der Waals surface area contributed by atoms with Gasteiger partial charge in [-0.05, 0) is 54.2 Å². The Kier molecular flexibility index (Phi) is 3.96. The fraction of sp³-hybridized carbons (Fsp3) is 0.316. The molecular formula is C19H18ClN3O2. The van der Waals surface area contributed by atoms with Crippen LogP contribution in [-0.2, 0) is 17.8 Å². The van der Waals surface area contributed by atoms with Crippen molar-refractivity contribution in [3.8, 4) is 0 Å². The van der Waals surface area contributed by atoms with Crippen LogP contribution >= 0.6 is 11.6 Å². The Labute approximate surface area is 151 Å². The third kappa shape index (κ3) is 2.78. The Hall–Kier alpha value is -2.40. The van der Waals surface area contributed by atoms with Crippen LogP contribution in [0.1, 0.15) is 52.9 Å². The number of nitrogens with zero attached hydrogens (tertiary/aromatic N) is 2. The first kappa shape index (κ1) is 16.1. The van der Waals surface area contributed by atoms with Gasteiger partial charge in [0.2, 0.25) is 5.91 Å². The molecule has 1 aromatic heterocycles. The second-order valence-corrected chi connectivity index (χ2v) is 7.00. The van der Waals surface area contributed by atoms with Crippen molar-refractivity contribution in [2.75, 3.05) is 4.90 Å². The van der Waals surface area contributed by atoms with E-state index >= 15 is 0 Å². The number of carbonyl (C=O) groups excluding carboxylic acids is 2. The zero-order chi connectivity index (χ0) is 17.6. The Morgan fingerprint density at radius 1 is 1.36 bits per heavy atom. The maximum atomic E-state index is 12.8. The molecule has 25 heavy (non-hydrogen) atoms. The highest BCUT2D eigenvalue weighted by molar-refractivity contribution is 6.31. The van der Waals surface area contributed by atoms with Gasteiger partial charge in [-0.15, -0.1) is 0 Å². The number of amides is 2. The quantitative estimate of drug-likeness (QED) is 0.898. The molecular weight excluding hydrogens is 338 g/mol. The standard InChI is InChI=1S/C19H18ClN3O2/c1-11(24)22-17-4-2-3-15-16(17)8-21-9-18(15)23-10-12-7-13(20)5-6-14(12)19(23)25/h5-9,17H,2-4,10H2,1H3,(H,22,24)/t17-/m0/s1. The van der Waals surface area contributed by atoms with Crippen LogP contribution in [0.2, 0.25) is 5.02 Å². The van der Waals surface area contributed by atoms with Gasteiger partial charge in [0, 0.05) is 23.7 Å². The minimum absolute atomic E-state index is 0.0245. The number of fused-ring (bicyclic) bond motifs is 2. The van der Waals surface area contributed by atoms with E-state index in [2.05, 4.69) is 10.3 Å². The van der Waals surface area contributed by atoms with Gasteiger partial charge in [0.15, 0.2) is 0 Å². The van der Waals surface area contributed by atoms with Crippen molar-refractivity contribution < 1.29 is 9.59 Å². The number of hydrogen-bond acceptors (Lipinski definition) is 3. The molecule has 1 aromatic carbocycles. The van der Waals surface area contributed by atoms with E-state index in [9.17, 15) is 9.59 Å². The molecule has 0 saturated heterocycles. The molecule has 2 amide bonds. The van der Waals surface area contributed by atoms with Crippen LogP contribution in [0, 0.1) is 0 Å². The van der Waals surface area contributed by atoms with Gasteiger partial charge in [-0.1, -0.05) is 11.6 Å². The molecule has 1 atom stereocenters. The summed E-state index contributed by atoms with van der Waals surface area (Å²) in [5.74, 6) is -0.0777. The largest absolute Gasteiger partial charge is 0.349 e. The fourth-order valence-electron chi connectivity index (χ4n) is 3.81. The third-order valence-electron chi connectivity index (χ3n) is 4.90. The van der Waals surface area contributed by atoms with Crippen molar-refractivity contribution in [1.82, 2.24) is 10.3 Å². The Morgan fingerprint density at radius 2 is 2.20 bits per heavy atom. The van der Waals surface area contributed by atoms with Crippen molar-refractivity contribution >= 4 is 29.1 Å². The average Bonchev–Trinajstić information content (AvgIpc) is 2.90. The smallest absolute Gasteiger partial charge is 0.258 e. The number of anilines is 1. The first-order valence-corrected chi connectivity index (χ1v) is 8.76. The summed E-state index contributed by atoms with van der Waals surface area (Å²) in [6, 6.07) is 5.33. The summed E-state index contributed by atoms with van der Waals surface area (Å²) >= 11 is 6.07. The first-order valence-electron chi connectivity index (χ1n) is 8.39. The van der Waals surface area contributed by atoms with Crippen molar-refractivity contribution in [2.24, 2.45) is 0 Å². The maximum absolute atomic E-state index is 12.8. The van der Waals surface area contributed by atoms with Gasteiger partial charge in [0.05, 0.1) is 24.5 Å². The van der Waals surface area contributed by atoms with Gasteiger partial charge in [0.25, 0.3) is 5.91 Å². The molecule has 1 aliphatic heterocycles. The van der Waals surface area contributed by atoms with Crippen LogP contribution in [0.15, 0.2) is 30.6 Å². The minimum atomic E-state index is -0.0532. The average molecular weight is 356 g/mol. The summed E-state index contributed by atoms with van der Waals surface area (Å²) in [7, 11) is 0. The summed E-state index contributed by atoms with van der Waals surface area (Å²) < 4.78 is 0. The van der Waals surface area contributed by atoms with Crippen LogP contribution in [-0.4, -0.2) is 16.8 Å². The summed E-state index contributed by atoms with van der Waals surface area (Å²) in [5.41, 5.74) is 4.58. The first-order chi connectivity index (χ1) is 12.0. The lowest BCUT2D eigenvalue weighted by Gasteiger charge is -2.29. The van der Waals surface area contributed by atoms with E-state index in [1.54, 1.807) is 23.2 Å². The van der Waals surface area contributed by atoms with Gasteiger partial charge < -0.3 is 10.2 Å². The van der Waals surface area contributed by atoms with E-state index in [0.717, 1.165) is 41.6 Å². The molecule has 0 bridgehead atoms. The zero-order valence-electron chi connectivity index (χ0n) is 13.9. The monoisotopic (exact) mass is 355 g/mol. The Bertz CT molecular complexity index is 881. The number of nitrogens with one attached hydrogen (secondary N) is 1. The summed E-state index contributed by atoms with van der Waals surface area (Å²) in [6.07, 6.45) is 6.30. The highest BCUT2D eigenvalue weighted by Crippen LogP contribution is 2.38. The number of benzene rings is 1. The second-order valence-electron chi connectivity index (χ2n) is 6.56. The molecule has 0 radical (unpaired) electrons. The highest BCUT2D eigenvalue weighted by atomic mass is 35.5. The van der Waals surface area contributed by atoms with Crippen LogP contribution in [0.25, 0.3) is 0 Å². The molecule has 1 N–H and O–H groups in total. The predicted molar refractivity (Wildman–Crippen MR) is 95.7 cm³/mol. The van der Waals surface area contributed by atoms with Gasteiger partial charge >= 0.3 is 0 Å². The normalized spacial score (nSPS) is 18.7. The lowest BCUT2D eigenvalue weighted by Crippen LogP contribution is -2.31. The van der Waals surface area contributed by atoms with Crippen LogP contribution in [0.3, 0.4) is 0 Å². The minimum Gasteiger partial charge on any atom is -0.349 e. The van der Waals surface area contributed by atoms with E-state index in [0.29, 0.717) is 17.1 Å². The molecule has 0 spiro atoms. The van der Waals surface area contributed by atoms with Gasteiger partial charge in [-0.3, -0.25) is 14.6 Å². The SMILES string of the molecule is CC(=O)N[C@H]1CCCc2c1cncc2N1Cc2cc(Cl)ccc2C1=O. The molecule has 0 saturated carbocycles. The number of aromatic nitrogens is 1. The number of halogens is 1. The number of pyridine rings is 1. The number of hydrogen-bond donors (Lipinski definition) is 1. The molecule has 2 heterocycles. The summed E-state index contributed by atoms with van der Waals surface area (Å²) in [5, 5.41) is 3.62. The molecule has 0 unspecified atom stereocenters. The zero-order valence-corrected chi connectivity index (χ0v) is 14.6. The van der Waals surface area contributed by atoms with Crippen molar-refractivity contribution in [1.29, 1.82) is 0 Å². The van der Waals surface area contributed by atoms with Gasteiger partial charge in [0.1, 0.15) is 0 Å². The lowest BCUT2D eigenvalue weighted by atomic mass is 9.88. The van der Waals surface area contributed by atoms with Crippen LogP contribution in [0.4, 0.5) is 5.69 Å². The Morgan fingerprint density at radius 3 is 3.00 bits per heavy atom. The fourth-order valence-corrected chi connectivity index (χ4v) is 4.01. The van der Waals surface area contributed by atoms with Crippen molar-refractivity contribution in [3.63, 3.8) is 0 Å². The predicted octanol–water partition coefficient (Wildman–Crippen LogP) is 3.41. The molecule has 2 aromatic rings. The van der Waals surface area contributed by atoms with E-state index in [1.807, 2.05) is 12.3 Å². The van der Waals surface area contributed by atoms with Crippen LogP contribution in [0.5, 0.6) is 0 Å². The molecule has 5 nitrogen and oxygen atoms in total. The van der Waals surface area contributed by atoms with E-state index in [1.165, 1.54) is 6.92 Å². The molecule has 128 valence electrons. The van der Waals surface area contributed by atoms with E-state index in [4.69, 9.17) is 11.6 Å². The van der Waals surface area contributed by atoms with Crippen LogP contribution < -0.4 is 10.2 Å². The van der Waals surface area contributed by atoms with Crippen molar-refractivity contribution in [2.45, 2.75) is 38.8 Å². The van der Waals surface area contributed by atoms with E-state index in [-0.39, 0.29) is 17.9 Å². The molecule has 2 aliphatic rings. The lowest BCUT2D eigenvalue weighted by molar-refractivity contribution is -0.119. The molecule has 1 aliphatic carbocycles. The Balaban J connectivity index is 1.73. The number of carbonyl (C=O) groups is 2. The second kappa shape index (κ2) is 6.15. The summed E-state index contributed by atoms with van der Waals surface area (Å²) in [4.78, 5) is 30.4. The molecule has 4 rings (SSSR count). The molecule has 6 heteroatoms. The third-order valence-corrected chi connectivity index (χ3v) is 5.14. The molecule has 0 fully saturated rings. The van der Waals surface area contributed by atoms with Gasteiger partial charge in [-0.25, -0.2) is 0 Å². The van der Waals surface area contributed by atoms with E-state index < -0.39 is 0 Å². The number of rotatable bonds is 2. The highest BCUT2D eigenvalue weighted by Gasteiger charge is 2.32. The topological polar surface area (TPSA) is 62.3 Å². The van der Waals surface area contributed by atoms with Gasteiger partial charge in [-0.2, -0.15) is 0 Å².